The lowest BCUT2D eigenvalue weighted by Gasteiger charge is -2.13. The van der Waals surface area contributed by atoms with Gasteiger partial charge in [0.25, 0.3) is 0 Å². The molecule has 0 aliphatic carbocycles. The van der Waals surface area contributed by atoms with Gasteiger partial charge in [-0.2, -0.15) is 0 Å². The lowest BCUT2D eigenvalue weighted by molar-refractivity contribution is -0.130. The number of hydrogen-bond acceptors (Lipinski definition) is 5. The summed E-state index contributed by atoms with van der Waals surface area (Å²) in [6, 6.07) is 23.0. The summed E-state index contributed by atoms with van der Waals surface area (Å²) < 4.78 is 22.7. The van der Waals surface area contributed by atoms with Crippen LogP contribution in [0.2, 0.25) is 0 Å². The van der Waals surface area contributed by atoms with Gasteiger partial charge in [-0.3, -0.25) is 0 Å². The topological polar surface area (TPSA) is 54.0 Å². The Morgan fingerprint density at radius 1 is 0.818 bits per heavy atom. The predicted octanol–water partition coefficient (Wildman–Crippen LogP) is 6.04. The van der Waals surface area contributed by atoms with E-state index >= 15 is 0 Å². The van der Waals surface area contributed by atoms with Gasteiger partial charge in [0.1, 0.15) is 18.1 Å². The van der Waals surface area contributed by atoms with Crippen LogP contribution in [0.4, 0.5) is 0 Å². The Hall–Kier alpha value is -3.99. The van der Waals surface area contributed by atoms with Gasteiger partial charge in [0.2, 0.25) is 0 Å². The molecule has 5 nitrogen and oxygen atoms in total. The number of hydrogen-bond donors (Lipinski definition) is 0. The molecule has 0 amide bonds. The van der Waals surface area contributed by atoms with Crippen LogP contribution in [0.5, 0.6) is 17.2 Å². The molecule has 168 valence electrons. The quantitative estimate of drug-likeness (QED) is 0.299. The van der Waals surface area contributed by atoms with Gasteiger partial charge >= 0.3 is 5.97 Å². The zero-order valence-electron chi connectivity index (χ0n) is 18.7. The Bertz CT molecular complexity index is 1160. The largest absolute Gasteiger partial charge is 0.494 e. The summed E-state index contributed by atoms with van der Waals surface area (Å²) in [5, 5.41) is 0. The molecule has 33 heavy (non-hydrogen) atoms. The maximum Gasteiger partial charge on any atom is 0.343 e. The number of carbonyl (C=O) groups is 1. The average Bonchev–Trinajstić information content (AvgIpc) is 3.20. The van der Waals surface area contributed by atoms with Crippen LogP contribution >= 0.6 is 0 Å². The van der Waals surface area contributed by atoms with E-state index in [1.807, 2.05) is 86.6 Å². The van der Waals surface area contributed by atoms with Crippen molar-refractivity contribution in [3.8, 4) is 17.2 Å². The molecule has 0 unspecified atom stereocenters. The minimum Gasteiger partial charge on any atom is -0.494 e. The van der Waals surface area contributed by atoms with Crippen LogP contribution in [0.1, 0.15) is 30.5 Å². The summed E-state index contributed by atoms with van der Waals surface area (Å²) in [5.41, 5.74) is 3.18. The first-order chi connectivity index (χ1) is 16.2. The minimum absolute atomic E-state index is 0.388. The SMILES string of the molecule is CCOc1ccc(C2=C/C(=C\c3ccc(OCc4ccccc4)c(OCC)c3)C(=O)O2)cc1. The first-order valence-corrected chi connectivity index (χ1v) is 11.0. The molecule has 0 aromatic heterocycles. The molecule has 1 aliphatic rings. The summed E-state index contributed by atoms with van der Waals surface area (Å²) in [7, 11) is 0. The normalized spacial score (nSPS) is 14.1. The van der Waals surface area contributed by atoms with E-state index in [4.69, 9.17) is 18.9 Å². The van der Waals surface area contributed by atoms with Crippen LogP contribution in [-0.2, 0) is 16.1 Å². The number of esters is 1. The second-order valence-electron chi connectivity index (χ2n) is 7.37. The van der Waals surface area contributed by atoms with Crippen LogP contribution in [0.25, 0.3) is 11.8 Å². The van der Waals surface area contributed by atoms with Crippen molar-refractivity contribution in [3.05, 3.63) is 101 Å². The van der Waals surface area contributed by atoms with E-state index in [2.05, 4.69) is 0 Å². The van der Waals surface area contributed by atoms with E-state index in [9.17, 15) is 4.79 Å². The predicted molar refractivity (Wildman–Crippen MR) is 128 cm³/mol. The zero-order valence-corrected chi connectivity index (χ0v) is 18.7. The zero-order chi connectivity index (χ0) is 23.0. The lowest BCUT2D eigenvalue weighted by Crippen LogP contribution is -2.00. The van der Waals surface area contributed by atoms with Crippen molar-refractivity contribution < 1.29 is 23.7 Å². The molecule has 3 aromatic rings. The van der Waals surface area contributed by atoms with Gasteiger partial charge in [0.05, 0.1) is 18.8 Å². The van der Waals surface area contributed by atoms with E-state index in [0.717, 1.165) is 22.4 Å². The first-order valence-electron chi connectivity index (χ1n) is 11.0. The molecular weight excluding hydrogens is 416 g/mol. The number of cyclic esters (lactones) is 1. The van der Waals surface area contributed by atoms with Crippen LogP contribution in [-0.4, -0.2) is 19.2 Å². The van der Waals surface area contributed by atoms with Crippen molar-refractivity contribution in [2.45, 2.75) is 20.5 Å². The fraction of sp³-hybridized carbons (Fsp3) is 0.179. The van der Waals surface area contributed by atoms with Crippen LogP contribution < -0.4 is 14.2 Å². The van der Waals surface area contributed by atoms with Gasteiger partial charge in [-0.15, -0.1) is 0 Å². The van der Waals surface area contributed by atoms with E-state index < -0.39 is 0 Å². The van der Waals surface area contributed by atoms with Gasteiger partial charge in [0, 0.05) is 5.56 Å². The molecule has 0 saturated carbocycles. The van der Waals surface area contributed by atoms with Gasteiger partial charge < -0.3 is 18.9 Å². The van der Waals surface area contributed by atoms with E-state index in [0.29, 0.717) is 42.7 Å². The summed E-state index contributed by atoms with van der Waals surface area (Å²) in [6.45, 7) is 5.41. The fourth-order valence-corrected chi connectivity index (χ4v) is 3.43. The summed E-state index contributed by atoms with van der Waals surface area (Å²) >= 11 is 0. The summed E-state index contributed by atoms with van der Waals surface area (Å²) in [4.78, 5) is 12.4. The smallest absolute Gasteiger partial charge is 0.343 e. The molecule has 0 fully saturated rings. The Morgan fingerprint density at radius 2 is 1.58 bits per heavy atom. The fourth-order valence-electron chi connectivity index (χ4n) is 3.43. The summed E-state index contributed by atoms with van der Waals surface area (Å²) in [5.74, 6) is 2.19. The van der Waals surface area contributed by atoms with Gasteiger partial charge in [-0.1, -0.05) is 36.4 Å². The first kappa shape index (κ1) is 22.2. The third-order valence-electron chi connectivity index (χ3n) is 5.00. The van der Waals surface area contributed by atoms with Crippen molar-refractivity contribution in [2.75, 3.05) is 13.2 Å². The number of carbonyl (C=O) groups excluding carboxylic acids is 1. The average molecular weight is 443 g/mol. The van der Waals surface area contributed by atoms with Crippen molar-refractivity contribution in [1.29, 1.82) is 0 Å². The van der Waals surface area contributed by atoms with E-state index in [1.54, 1.807) is 12.2 Å². The molecule has 0 N–H and O–H groups in total. The van der Waals surface area contributed by atoms with E-state index in [-0.39, 0.29) is 5.97 Å². The third-order valence-corrected chi connectivity index (χ3v) is 5.00. The van der Waals surface area contributed by atoms with Crippen molar-refractivity contribution in [3.63, 3.8) is 0 Å². The highest BCUT2D eigenvalue weighted by Gasteiger charge is 2.22. The third kappa shape index (κ3) is 5.63. The molecule has 0 bridgehead atoms. The maximum atomic E-state index is 12.4. The van der Waals surface area contributed by atoms with Gasteiger partial charge in [0.15, 0.2) is 11.5 Å². The van der Waals surface area contributed by atoms with Gasteiger partial charge in [-0.25, -0.2) is 4.79 Å². The van der Waals surface area contributed by atoms with E-state index in [1.165, 1.54) is 0 Å². The second kappa shape index (κ2) is 10.6. The molecular formula is C28H26O5. The molecule has 0 saturated heterocycles. The molecule has 0 radical (unpaired) electrons. The molecule has 1 heterocycles. The summed E-state index contributed by atoms with van der Waals surface area (Å²) in [6.07, 6.45) is 3.53. The highest BCUT2D eigenvalue weighted by atomic mass is 16.5. The van der Waals surface area contributed by atoms with Gasteiger partial charge in [-0.05, 0) is 73.5 Å². The molecule has 1 aliphatic heterocycles. The lowest BCUT2D eigenvalue weighted by atomic mass is 10.1. The van der Waals surface area contributed by atoms with Crippen LogP contribution in [0, 0.1) is 0 Å². The molecule has 5 heteroatoms. The molecule has 0 spiro atoms. The standard InChI is InChI=1S/C28H26O5/c1-3-30-24-13-11-22(12-14-24)26-18-23(28(29)33-26)16-21-10-15-25(27(17-21)31-4-2)32-19-20-8-6-5-7-9-20/h5-18H,3-4,19H2,1-2H3/b23-16+. The van der Waals surface area contributed by atoms with Crippen molar-refractivity contribution in [2.24, 2.45) is 0 Å². The highest BCUT2D eigenvalue weighted by molar-refractivity contribution is 6.05. The van der Waals surface area contributed by atoms with Crippen LogP contribution in [0.3, 0.4) is 0 Å². The Kier molecular flexibility index (Phi) is 7.10. The molecule has 0 atom stereocenters. The highest BCUT2D eigenvalue weighted by Crippen LogP contribution is 2.32. The monoisotopic (exact) mass is 442 g/mol. The molecule has 4 rings (SSSR count). The Balaban J connectivity index is 1.53. The number of rotatable bonds is 9. The Labute approximate surface area is 193 Å². The van der Waals surface area contributed by atoms with Crippen molar-refractivity contribution >= 4 is 17.8 Å². The maximum absolute atomic E-state index is 12.4. The minimum atomic E-state index is -0.388. The number of benzene rings is 3. The second-order valence-corrected chi connectivity index (χ2v) is 7.37. The Morgan fingerprint density at radius 3 is 2.30 bits per heavy atom. The number of ether oxygens (including phenoxy) is 4. The van der Waals surface area contributed by atoms with Crippen molar-refractivity contribution in [1.82, 2.24) is 0 Å². The molecule has 3 aromatic carbocycles. The van der Waals surface area contributed by atoms with Crippen LogP contribution in [0.15, 0.2) is 84.4 Å².